The van der Waals surface area contributed by atoms with Crippen LogP contribution in [-0.2, 0) is 26.7 Å². The Kier molecular flexibility index (Phi) is 3.61. The first-order chi connectivity index (χ1) is 8.19. The van der Waals surface area contributed by atoms with Gasteiger partial charge in [-0.1, -0.05) is 0 Å². The molecule has 0 saturated heterocycles. The van der Waals surface area contributed by atoms with Gasteiger partial charge in [0.15, 0.2) is 0 Å². The van der Waals surface area contributed by atoms with Crippen LogP contribution in [0.2, 0.25) is 0 Å². The quantitative estimate of drug-likeness (QED) is 0.841. The third-order valence-corrected chi connectivity index (χ3v) is 2.67. The zero-order chi connectivity index (χ0) is 12.3. The Morgan fingerprint density at radius 1 is 1.47 bits per heavy atom. The second-order valence-corrected chi connectivity index (χ2v) is 4.27. The minimum Gasteiger partial charge on any atom is -0.468 e. The van der Waals surface area contributed by atoms with E-state index in [2.05, 4.69) is 17.0 Å². The predicted molar refractivity (Wildman–Crippen MR) is 65.0 cm³/mol. The molecule has 0 bridgehead atoms. The molecule has 0 aliphatic heterocycles. The molecule has 17 heavy (non-hydrogen) atoms. The van der Waals surface area contributed by atoms with Gasteiger partial charge in [0.1, 0.15) is 5.76 Å². The van der Waals surface area contributed by atoms with E-state index in [1.807, 2.05) is 30.2 Å². The molecule has 2 aromatic heterocycles. The summed E-state index contributed by atoms with van der Waals surface area (Å²) >= 11 is 0. The molecule has 2 heterocycles. The molecule has 0 saturated carbocycles. The predicted octanol–water partition coefficient (Wildman–Crippen LogP) is 1.10. The van der Waals surface area contributed by atoms with Crippen molar-refractivity contribution in [2.75, 3.05) is 7.05 Å². The Balaban J connectivity index is 1.95. The van der Waals surface area contributed by atoms with Crippen molar-refractivity contribution >= 4 is 0 Å². The summed E-state index contributed by atoms with van der Waals surface area (Å²) in [6.07, 6.45) is 5.60. The molecule has 92 valence electrons. The molecular weight excluding hydrogens is 216 g/mol. The van der Waals surface area contributed by atoms with Crippen LogP contribution >= 0.6 is 0 Å². The van der Waals surface area contributed by atoms with Crippen molar-refractivity contribution < 1.29 is 4.42 Å². The molecule has 2 N–H and O–H groups in total. The summed E-state index contributed by atoms with van der Waals surface area (Å²) in [6.45, 7) is 2.14. The van der Waals surface area contributed by atoms with Gasteiger partial charge in [-0.3, -0.25) is 9.58 Å². The smallest absolute Gasteiger partial charge is 0.121 e. The molecule has 0 aromatic carbocycles. The van der Waals surface area contributed by atoms with E-state index in [4.69, 9.17) is 10.2 Å². The lowest BCUT2D eigenvalue weighted by atomic mass is 10.2. The van der Waals surface area contributed by atoms with E-state index in [1.54, 1.807) is 6.26 Å². The fourth-order valence-electron chi connectivity index (χ4n) is 1.90. The highest BCUT2D eigenvalue weighted by atomic mass is 16.3. The Hall–Kier alpha value is -1.59. The molecule has 0 fully saturated rings. The number of rotatable bonds is 5. The van der Waals surface area contributed by atoms with Crippen molar-refractivity contribution in [1.82, 2.24) is 14.7 Å². The zero-order valence-corrected chi connectivity index (χ0v) is 10.3. The zero-order valence-electron chi connectivity index (χ0n) is 10.3. The minimum atomic E-state index is 0.447. The largest absolute Gasteiger partial charge is 0.468 e. The lowest BCUT2D eigenvalue weighted by Crippen LogP contribution is -2.17. The maximum atomic E-state index is 5.60. The number of hydrogen-bond acceptors (Lipinski definition) is 4. The van der Waals surface area contributed by atoms with Gasteiger partial charge in [0.2, 0.25) is 0 Å². The highest BCUT2D eigenvalue weighted by Crippen LogP contribution is 2.13. The van der Waals surface area contributed by atoms with E-state index in [-0.39, 0.29) is 0 Å². The molecule has 2 aromatic rings. The van der Waals surface area contributed by atoms with Crippen LogP contribution in [0.15, 0.2) is 29.1 Å². The first-order valence-corrected chi connectivity index (χ1v) is 5.60. The molecule has 5 nitrogen and oxygen atoms in total. The molecule has 0 radical (unpaired) electrons. The van der Waals surface area contributed by atoms with Crippen molar-refractivity contribution in [3.63, 3.8) is 0 Å². The normalized spacial score (nSPS) is 11.3. The number of aromatic nitrogens is 2. The minimum absolute atomic E-state index is 0.447. The first kappa shape index (κ1) is 11.9. The van der Waals surface area contributed by atoms with Gasteiger partial charge in [0, 0.05) is 37.5 Å². The summed E-state index contributed by atoms with van der Waals surface area (Å²) < 4.78 is 7.11. The lowest BCUT2D eigenvalue weighted by Gasteiger charge is -2.15. The number of aryl methyl sites for hydroxylation is 1. The third kappa shape index (κ3) is 2.95. The summed E-state index contributed by atoms with van der Waals surface area (Å²) in [5.41, 5.74) is 7.95. The molecule has 0 aliphatic carbocycles. The molecule has 0 aliphatic rings. The van der Waals surface area contributed by atoms with E-state index in [0.29, 0.717) is 6.54 Å². The Morgan fingerprint density at radius 3 is 2.94 bits per heavy atom. The highest BCUT2D eigenvalue weighted by molar-refractivity contribution is 5.16. The second kappa shape index (κ2) is 5.16. The third-order valence-electron chi connectivity index (χ3n) is 2.67. The van der Waals surface area contributed by atoms with Gasteiger partial charge < -0.3 is 10.2 Å². The summed E-state index contributed by atoms with van der Waals surface area (Å²) in [5.74, 6) is 0.864. The van der Waals surface area contributed by atoms with E-state index < -0.39 is 0 Å². The summed E-state index contributed by atoms with van der Waals surface area (Å²) in [5, 5.41) is 4.15. The van der Waals surface area contributed by atoms with Gasteiger partial charge in [-0.15, -0.1) is 0 Å². The van der Waals surface area contributed by atoms with Crippen molar-refractivity contribution in [3.05, 3.63) is 41.6 Å². The van der Waals surface area contributed by atoms with Gasteiger partial charge in [0.05, 0.1) is 19.0 Å². The highest BCUT2D eigenvalue weighted by Gasteiger charge is 2.08. The van der Waals surface area contributed by atoms with E-state index in [1.165, 1.54) is 5.56 Å². The van der Waals surface area contributed by atoms with Gasteiger partial charge in [-0.2, -0.15) is 5.10 Å². The second-order valence-electron chi connectivity index (χ2n) is 4.27. The average molecular weight is 234 g/mol. The van der Waals surface area contributed by atoms with Gasteiger partial charge >= 0.3 is 0 Å². The molecular formula is C12H18N4O. The Bertz CT molecular complexity index is 474. The van der Waals surface area contributed by atoms with Crippen LogP contribution < -0.4 is 5.73 Å². The monoisotopic (exact) mass is 234 g/mol. The molecule has 2 rings (SSSR count). The Morgan fingerprint density at radius 2 is 2.29 bits per heavy atom. The number of furan rings is 1. The number of hydrogen-bond donors (Lipinski definition) is 1. The van der Waals surface area contributed by atoms with Gasteiger partial charge in [-0.05, 0) is 13.1 Å². The van der Waals surface area contributed by atoms with E-state index in [9.17, 15) is 0 Å². The van der Waals surface area contributed by atoms with Crippen LogP contribution in [-0.4, -0.2) is 21.7 Å². The van der Waals surface area contributed by atoms with E-state index >= 15 is 0 Å². The molecule has 0 amide bonds. The topological polar surface area (TPSA) is 60.2 Å². The van der Waals surface area contributed by atoms with Gasteiger partial charge in [0.25, 0.3) is 0 Å². The van der Waals surface area contributed by atoms with Crippen molar-refractivity contribution in [2.24, 2.45) is 12.8 Å². The maximum Gasteiger partial charge on any atom is 0.121 e. The van der Waals surface area contributed by atoms with Crippen LogP contribution in [0, 0.1) is 0 Å². The van der Waals surface area contributed by atoms with Crippen LogP contribution in [0.4, 0.5) is 0 Å². The number of nitrogens with two attached hydrogens (primary N) is 1. The van der Waals surface area contributed by atoms with Gasteiger partial charge in [-0.25, -0.2) is 0 Å². The van der Waals surface area contributed by atoms with Crippen LogP contribution in [0.25, 0.3) is 0 Å². The van der Waals surface area contributed by atoms with Crippen LogP contribution in [0.5, 0.6) is 0 Å². The Labute approximate surface area is 101 Å². The molecule has 0 atom stereocenters. The van der Waals surface area contributed by atoms with Crippen molar-refractivity contribution in [3.8, 4) is 0 Å². The fraction of sp³-hybridized carbons (Fsp3) is 0.417. The molecule has 0 unspecified atom stereocenters. The molecule has 5 heteroatoms. The van der Waals surface area contributed by atoms with Crippen molar-refractivity contribution in [1.29, 1.82) is 0 Å². The fourth-order valence-corrected chi connectivity index (χ4v) is 1.90. The average Bonchev–Trinajstić information content (AvgIpc) is 2.87. The summed E-state index contributed by atoms with van der Waals surface area (Å²) in [7, 11) is 3.99. The standard InChI is InChI=1S/C12H18N4O/c1-15(7-10-6-14-16(2)8-10)9-11-3-4-17-12(11)5-13/h3-4,6,8H,5,7,9,13H2,1-2H3. The number of nitrogens with zero attached hydrogens (tertiary/aromatic N) is 3. The summed E-state index contributed by atoms with van der Waals surface area (Å²) in [4.78, 5) is 2.21. The van der Waals surface area contributed by atoms with Crippen molar-refractivity contribution in [2.45, 2.75) is 19.6 Å². The van der Waals surface area contributed by atoms with Crippen LogP contribution in [0.1, 0.15) is 16.9 Å². The maximum absolute atomic E-state index is 5.60. The first-order valence-electron chi connectivity index (χ1n) is 5.60. The summed E-state index contributed by atoms with van der Waals surface area (Å²) in [6, 6.07) is 1.97. The molecule has 0 spiro atoms. The van der Waals surface area contributed by atoms with Crippen LogP contribution in [0.3, 0.4) is 0 Å². The van der Waals surface area contributed by atoms with E-state index in [0.717, 1.165) is 24.4 Å². The SMILES string of the molecule is CN(Cc1cnn(C)c1)Cc1ccoc1CN. The lowest BCUT2D eigenvalue weighted by molar-refractivity contribution is 0.315.